The summed E-state index contributed by atoms with van der Waals surface area (Å²) >= 11 is 0. The Labute approximate surface area is 239 Å². The number of aryl methyl sites for hydroxylation is 1. The fourth-order valence-electron chi connectivity index (χ4n) is 6.03. The summed E-state index contributed by atoms with van der Waals surface area (Å²) in [6, 6.07) is 5.22. The number of benzene rings is 1. The van der Waals surface area contributed by atoms with Crippen molar-refractivity contribution in [3.8, 4) is 0 Å². The molecule has 222 valence electrons. The van der Waals surface area contributed by atoms with Gasteiger partial charge in [-0.15, -0.1) is 0 Å². The monoisotopic (exact) mass is 568 g/mol. The Balaban J connectivity index is 1.16. The third kappa shape index (κ3) is 6.17. The van der Waals surface area contributed by atoms with Gasteiger partial charge >= 0.3 is 11.8 Å². The van der Waals surface area contributed by atoms with Crippen LogP contribution in [-0.4, -0.2) is 99.1 Å². The van der Waals surface area contributed by atoms with Crippen molar-refractivity contribution >= 4 is 34.8 Å². The van der Waals surface area contributed by atoms with Crippen molar-refractivity contribution < 1.29 is 23.9 Å². The first-order valence-corrected chi connectivity index (χ1v) is 14.4. The molecule has 1 N–H and O–H groups in total. The molecule has 12 heteroatoms. The Bertz CT molecular complexity index is 1410. The number of imide groups is 1. The van der Waals surface area contributed by atoms with Gasteiger partial charge in [-0.1, -0.05) is 6.07 Å². The number of likely N-dealkylation sites (tertiary alicyclic amines) is 1. The van der Waals surface area contributed by atoms with E-state index < -0.39 is 17.6 Å². The van der Waals surface area contributed by atoms with Gasteiger partial charge < -0.3 is 14.5 Å². The quantitative estimate of drug-likeness (QED) is 0.555. The zero-order valence-corrected chi connectivity index (χ0v) is 24.4. The Kier molecular flexibility index (Phi) is 7.95. The first kappa shape index (κ1) is 28.8. The zero-order valence-electron chi connectivity index (χ0n) is 24.4. The summed E-state index contributed by atoms with van der Waals surface area (Å²) in [6.45, 7) is 9.58. The van der Waals surface area contributed by atoms with Crippen molar-refractivity contribution in [3.63, 3.8) is 0 Å². The lowest BCUT2D eigenvalue weighted by Crippen LogP contribution is -2.52. The highest BCUT2D eigenvalue weighted by molar-refractivity contribution is 6.00. The summed E-state index contributed by atoms with van der Waals surface area (Å²) in [5, 5.41) is 2.34. The number of piperidine rings is 2. The molecule has 0 saturated carbocycles. The maximum absolute atomic E-state index is 13.1. The van der Waals surface area contributed by atoms with E-state index in [9.17, 15) is 24.0 Å². The van der Waals surface area contributed by atoms with Crippen LogP contribution in [0.4, 0.5) is 4.79 Å². The van der Waals surface area contributed by atoms with Crippen LogP contribution < -0.4 is 11.0 Å². The van der Waals surface area contributed by atoms with Crippen LogP contribution in [-0.2, 0) is 26.2 Å². The van der Waals surface area contributed by atoms with Gasteiger partial charge in [0.15, 0.2) is 0 Å². The number of amides is 4. The third-order valence-electron chi connectivity index (χ3n) is 8.34. The van der Waals surface area contributed by atoms with Gasteiger partial charge in [0.25, 0.3) is 0 Å². The number of aromatic nitrogens is 2. The van der Waals surface area contributed by atoms with Crippen LogP contribution in [0, 0.1) is 0 Å². The molecule has 4 heterocycles. The number of piperazine rings is 1. The zero-order chi connectivity index (χ0) is 29.5. The topological polar surface area (TPSA) is 126 Å². The SMILES string of the molecule is Cn1c(=O)n(C2CCC(=O)NC2=O)c2ccc(C3CCN(C(=O)CN4CCN(C(=O)OC(C)(C)C)CC4)CC3)cc21. The van der Waals surface area contributed by atoms with Gasteiger partial charge in [-0.25, -0.2) is 9.59 Å². The largest absolute Gasteiger partial charge is 0.444 e. The smallest absolute Gasteiger partial charge is 0.410 e. The van der Waals surface area contributed by atoms with Gasteiger partial charge in [-0.2, -0.15) is 0 Å². The van der Waals surface area contributed by atoms with Crippen molar-refractivity contribution in [1.82, 2.24) is 29.2 Å². The Morgan fingerprint density at radius 1 is 0.927 bits per heavy atom. The van der Waals surface area contributed by atoms with Crippen molar-refractivity contribution in [3.05, 3.63) is 34.2 Å². The average molecular weight is 569 g/mol. The number of hydrogen-bond acceptors (Lipinski definition) is 7. The molecule has 0 radical (unpaired) electrons. The van der Waals surface area contributed by atoms with Crippen molar-refractivity contribution in [2.24, 2.45) is 7.05 Å². The number of carbonyl (C=O) groups is 4. The first-order valence-electron chi connectivity index (χ1n) is 14.4. The lowest BCUT2D eigenvalue weighted by Gasteiger charge is -2.37. The molecule has 1 aromatic carbocycles. The van der Waals surface area contributed by atoms with E-state index in [1.54, 1.807) is 16.5 Å². The third-order valence-corrected chi connectivity index (χ3v) is 8.34. The minimum absolute atomic E-state index is 0.105. The van der Waals surface area contributed by atoms with E-state index >= 15 is 0 Å². The standard InChI is InChI=1S/C29H40N6O6/c1-29(2,3)41-28(40)34-15-13-32(14-16-34)18-25(37)33-11-9-19(10-12-33)20-5-6-21-23(17-20)31(4)27(39)35(21)22-7-8-24(36)30-26(22)38/h5-6,17,19,22H,7-16,18H2,1-4H3,(H,30,36,38). The van der Waals surface area contributed by atoms with Gasteiger partial charge in [0.1, 0.15) is 11.6 Å². The van der Waals surface area contributed by atoms with Gasteiger partial charge in [-0.05, 0) is 63.6 Å². The molecule has 3 aliphatic heterocycles. The van der Waals surface area contributed by atoms with Crippen molar-refractivity contribution in [2.75, 3.05) is 45.8 Å². The lowest BCUT2D eigenvalue weighted by atomic mass is 9.89. The Hall–Kier alpha value is -3.67. The van der Waals surface area contributed by atoms with E-state index in [1.807, 2.05) is 43.9 Å². The van der Waals surface area contributed by atoms with E-state index in [1.165, 1.54) is 4.57 Å². The molecule has 3 fully saturated rings. The summed E-state index contributed by atoms with van der Waals surface area (Å²) in [5.74, 6) is -0.391. The number of imidazole rings is 1. The molecular formula is C29H40N6O6. The van der Waals surface area contributed by atoms with Crippen molar-refractivity contribution in [2.45, 2.75) is 64.0 Å². The normalized spacial score (nSPS) is 21.3. The van der Waals surface area contributed by atoms with Crippen molar-refractivity contribution in [1.29, 1.82) is 0 Å². The summed E-state index contributed by atoms with van der Waals surface area (Å²) < 4.78 is 8.51. The van der Waals surface area contributed by atoms with E-state index in [4.69, 9.17) is 4.74 Å². The molecule has 1 aromatic heterocycles. The van der Waals surface area contributed by atoms with E-state index in [-0.39, 0.29) is 35.9 Å². The molecule has 1 unspecified atom stereocenters. The number of nitrogens with one attached hydrogen (secondary N) is 1. The molecule has 5 rings (SSSR count). The van der Waals surface area contributed by atoms with Crippen LogP contribution in [0.1, 0.15) is 64.0 Å². The minimum Gasteiger partial charge on any atom is -0.444 e. The van der Waals surface area contributed by atoms with E-state index in [2.05, 4.69) is 10.2 Å². The predicted octanol–water partition coefficient (Wildman–Crippen LogP) is 1.58. The fraction of sp³-hybridized carbons (Fsp3) is 0.621. The maximum atomic E-state index is 13.1. The molecule has 2 aromatic rings. The summed E-state index contributed by atoms with van der Waals surface area (Å²) in [5.41, 5.74) is 1.73. The molecule has 0 aliphatic carbocycles. The van der Waals surface area contributed by atoms with Crippen LogP contribution in [0.15, 0.2) is 23.0 Å². The second-order valence-electron chi connectivity index (χ2n) is 12.3. The molecule has 12 nitrogen and oxygen atoms in total. The molecule has 0 spiro atoms. The molecule has 0 bridgehead atoms. The van der Waals surface area contributed by atoms with E-state index in [0.717, 1.165) is 23.9 Å². The Morgan fingerprint density at radius 3 is 2.24 bits per heavy atom. The Morgan fingerprint density at radius 2 is 1.61 bits per heavy atom. The molecule has 1 atom stereocenters. The van der Waals surface area contributed by atoms with Gasteiger partial charge in [-0.3, -0.25) is 33.7 Å². The second-order valence-corrected chi connectivity index (χ2v) is 12.3. The second kappa shape index (κ2) is 11.3. The number of nitrogens with zero attached hydrogens (tertiary/aromatic N) is 5. The van der Waals surface area contributed by atoms with Crippen LogP contribution in [0.5, 0.6) is 0 Å². The minimum atomic E-state index is -0.704. The summed E-state index contributed by atoms with van der Waals surface area (Å²) in [4.78, 5) is 68.2. The molecular weight excluding hydrogens is 528 g/mol. The number of carbonyl (C=O) groups excluding carboxylic acids is 4. The molecule has 4 amide bonds. The van der Waals surface area contributed by atoms with Gasteiger partial charge in [0.05, 0.1) is 17.6 Å². The summed E-state index contributed by atoms with van der Waals surface area (Å²) in [7, 11) is 1.70. The first-order chi connectivity index (χ1) is 19.4. The van der Waals surface area contributed by atoms with Crippen LogP contribution in [0.25, 0.3) is 11.0 Å². The highest BCUT2D eigenvalue weighted by Crippen LogP contribution is 2.31. The predicted molar refractivity (Wildman–Crippen MR) is 151 cm³/mol. The molecule has 3 saturated heterocycles. The lowest BCUT2D eigenvalue weighted by molar-refractivity contribution is -0.136. The van der Waals surface area contributed by atoms with Gasteiger partial charge in [0.2, 0.25) is 17.7 Å². The highest BCUT2D eigenvalue weighted by atomic mass is 16.6. The number of fused-ring (bicyclic) bond motifs is 1. The highest BCUT2D eigenvalue weighted by Gasteiger charge is 2.32. The van der Waals surface area contributed by atoms with Crippen LogP contribution in [0.3, 0.4) is 0 Å². The van der Waals surface area contributed by atoms with Crippen LogP contribution >= 0.6 is 0 Å². The average Bonchev–Trinajstić information content (AvgIpc) is 3.17. The molecule has 41 heavy (non-hydrogen) atoms. The maximum Gasteiger partial charge on any atom is 0.410 e. The fourth-order valence-corrected chi connectivity index (χ4v) is 6.03. The number of hydrogen-bond donors (Lipinski definition) is 1. The number of rotatable bonds is 4. The van der Waals surface area contributed by atoms with Gasteiger partial charge in [0, 0.05) is 52.7 Å². The molecule has 3 aliphatic rings. The van der Waals surface area contributed by atoms with E-state index in [0.29, 0.717) is 57.8 Å². The number of ether oxygens (including phenoxy) is 1. The summed E-state index contributed by atoms with van der Waals surface area (Å²) in [6.07, 6.45) is 1.85. The van der Waals surface area contributed by atoms with Crippen LogP contribution in [0.2, 0.25) is 0 Å².